The van der Waals surface area contributed by atoms with Gasteiger partial charge in [-0.3, -0.25) is 9.59 Å². The van der Waals surface area contributed by atoms with Crippen molar-refractivity contribution >= 4 is 17.6 Å². The maximum atomic E-state index is 12.6. The van der Waals surface area contributed by atoms with Gasteiger partial charge in [0.05, 0.1) is 19.6 Å². The van der Waals surface area contributed by atoms with Crippen molar-refractivity contribution in [1.82, 2.24) is 5.32 Å². The summed E-state index contributed by atoms with van der Waals surface area (Å²) in [6.07, 6.45) is 0.0844. The largest absolute Gasteiger partial charge is 0.469 e. The van der Waals surface area contributed by atoms with Crippen molar-refractivity contribution < 1.29 is 14.3 Å². The monoisotopic (exact) mass is 340 g/mol. The molecule has 0 heterocycles. The molecule has 5 heteroatoms. The number of rotatable bonds is 6. The Balaban J connectivity index is 2.18. The van der Waals surface area contributed by atoms with Crippen molar-refractivity contribution in [3.8, 4) is 0 Å². The van der Waals surface area contributed by atoms with E-state index in [1.807, 2.05) is 62.3 Å². The first-order chi connectivity index (χ1) is 11.9. The SMILES string of the molecule is COC(=O)CC(NC(=O)c1ccc(N(C)C)cc1)c1ccc(C)cc1. The highest BCUT2D eigenvalue weighted by molar-refractivity contribution is 5.95. The summed E-state index contributed by atoms with van der Waals surface area (Å²) in [5.74, 6) is -0.589. The number of amides is 1. The molecule has 2 aromatic rings. The molecule has 25 heavy (non-hydrogen) atoms. The van der Waals surface area contributed by atoms with Gasteiger partial charge in [0, 0.05) is 25.3 Å². The van der Waals surface area contributed by atoms with Crippen molar-refractivity contribution in [2.75, 3.05) is 26.1 Å². The Kier molecular flexibility index (Phi) is 6.17. The van der Waals surface area contributed by atoms with Crippen molar-refractivity contribution in [3.63, 3.8) is 0 Å². The third-order valence-electron chi connectivity index (χ3n) is 4.03. The highest BCUT2D eigenvalue weighted by atomic mass is 16.5. The first-order valence-corrected chi connectivity index (χ1v) is 8.12. The van der Waals surface area contributed by atoms with Gasteiger partial charge in [0.1, 0.15) is 0 Å². The number of carbonyl (C=O) groups is 2. The molecule has 2 aromatic carbocycles. The molecule has 1 unspecified atom stereocenters. The number of anilines is 1. The smallest absolute Gasteiger partial charge is 0.307 e. The Morgan fingerprint density at radius 2 is 1.64 bits per heavy atom. The van der Waals surface area contributed by atoms with Gasteiger partial charge < -0.3 is 15.0 Å². The molecule has 0 bridgehead atoms. The molecule has 0 radical (unpaired) electrons. The number of nitrogens with one attached hydrogen (secondary N) is 1. The second-order valence-electron chi connectivity index (χ2n) is 6.16. The molecule has 0 saturated carbocycles. The van der Waals surface area contributed by atoms with Crippen LogP contribution in [0.2, 0.25) is 0 Å². The Hall–Kier alpha value is -2.82. The van der Waals surface area contributed by atoms with E-state index in [0.717, 1.165) is 16.8 Å². The molecule has 0 saturated heterocycles. The molecule has 1 N–H and O–H groups in total. The highest BCUT2D eigenvalue weighted by Crippen LogP contribution is 2.20. The van der Waals surface area contributed by atoms with Gasteiger partial charge in [-0.1, -0.05) is 29.8 Å². The van der Waals surface area contributed by atoms with Crippen molar-refractivity contribution in [2.24, 2.45) is 0 Å². The van der Waals surface area contributed by atoms with Crippen LogP contribution >= 0.6 is 0 Å². The first-order valence-electron chi connectivity index (χ1n) is 8.12. The summed E-state index contributed by atoms with van der Waals surface area (Å²) in [7, 11) is 5.23. The highest BCUT2D eigenvalue weighted by Gasteiger charge is 2.19. The van der Waals surface area contributed by atoms with Gasteiger partial charge in [0.25, 0.3) is 5.91 Å². The molecule has 0 spiro atoms. The topological polar surface area (TPSA) is 58.6 Å². The van der Waals surface area contributed by atoms with E-state index >= 15 is 0 Å². The van der Waals surface area contributed by atoms with Crippen LogP contribution in [0.15, 0.2) is 48.5 Å². The Labute approximate surface area is 148 Å². The Morgan fingerprint density at radius 1 is 1.04 bits per heavy atom. The minimum atomic E-state index is -0.436. The molecule has 0 aliphatic heterocycles. The predicted octanol–water partition coefficient (Wildman–Crippen LogP) is 3.10. The number of esters is 1. The van der Waals surface area contributed by atoms with Gasteiger partial charge in [-0.15, -0.1) is 0 Å². The summed E-state index contributed by atoms with van der Waals surface area (Å²) in [6, 6.07) is 14.6. The van der Waals surface area contributed by atoms with Gasteiger partial charge in [-0.05, 0) is 36.8 Å². The van der Waals surface area contributed by atoms with E-state index in [2.05, 4.69) is 5.32 Å². The molecule has 0 aromatic heterocycles. The molecule has 2 rings (SSSR count). The number of ether oxygens (including phenoxy) is 1. The number of aryl methyl sites for hydroxylation is 1. The lowest BCUT2D eigenvalue weighted by Crippen LogP contribution is -2.30. The summed E-state index contributed by atoms with van der Waals surface area (Å²) in [6.45, 7) is 1.99. The molecule has 1 atom stereocenters. The predicted molar refractivity (Wildman–Crippen MR) is 98.8 cm³/mol. The second kappa shape index (κ2) is 8.33. The summed E-state index contributed by atoms with van der Waals surface area (Å²) in [5, 5.41) is 2.93. The van der Waals surface area contributed by atoms with Gasteiger partial charge >= 0.3 is 5.97 Å². The van der Waals surface area contributed by atoms with E-state index in [-0.39, 0.29) is 18.3 Å². The molecule has 1 amide bonds. The van der Waals surface area contributed by atoms with E-state index in [0.29, 0.717) is 5.56 Å². The van der Waals surface area contributed by atoms with Gasteiger partial charge in [-0.2, -0.15) is 0 Å². The van der Waals surface area contributed by atoms with Crippen LogP contribution in [0.1, 0.15) is 33.9 Å². The van der Waals surface area contributed by atoms with Crippen LogP contribution in [0.4, 0.5) is 5.69 Å². The van der Waals surface area contributed by atoms with Crippen molar-refractivity contribution in [2.45, 2.75) is 19.4 Å². The van der Waals surface area contributed by atoms with Gasteiger partial charge in [-0.25, -0.2) is 0 Å². The van der Waals surface area contributed by atoms with Gasteiger partial charge in [0.2, 0.25) is 0 Å². The zero-order valence-electron chi connectivity index (χ0n) is 15.1. The standard InChI is InChI=1S/C20H24N2O3/c1-14-5-7-15(8-6-14)18(13-19(23)25-4)21-20(24)16-9-11-17(12-10-16)22(2)3/h5-12,18H,13H2,1-4H3,(H,21,24). The summed E-state index contributed by atoms with van der Waals surface area (Å²) < 4.78 is 4.76. The average Bonchev–Trinajstić information content (AvgIpc) is 2.61. The summed E-state index contributed by atoms with van der Waals surface area (Å²) in [5.41, 5.74) is 3.55. The maximum absolute atomic E-state index is 12.6. The molecule has 5 nitrogen and oxygen atoms in total. The minimum absolute atomic E-state index is 0.0844. The number of hydrogen-bond donors (Lipinski definition) is 1. The normalized spacial score (nSPS) is 11.5. The second-order valence-corrected chi connectivity index (χ2v) is 6.16. The lowest BCUT2D eigenvalue weighted by atomic mass is 10.0. The van der Waals surface area contributed by atoms with Crippen LogP contribution in [-0.4, -0.2) is 33.1 Å². The molecule has 0 fully saturated rings. The third kappa shape index (κ3) is 5.08. The van der Waals surface area contributed by atoms with Crippen molar-refractivity contribution in [3.05, 3.63) is 65.2 Å². The van der Waals surface area contributed by atoms with Crippen molar-refractivity contribution in [1.29, 1.82) is 0 Å². The van der Waals surface area contributed by atoms with Crippen LogP contribution < -0.4 is 10.2 Å². The van der Waals surface area contributed by atoms with E-state index in [4.69, 9.17) is 4.74 Å². The van der Waals surface area contributed by atoms with E-state index in [9.17, 15) is 9.59 Å². The van der Waals surface area contributed by atoms with Crippen LogP contribution in [-0.2, 0) is 9.53 Å². The van der Waals surface area contributed by atoms with Crippen LogP contribution in [0.3, 0.4) is 0 Å². The van der Waals surface area contributed by atoms with E-state index in [1.54, 1.807) is 12.1 Å². The Bertz CT molecular complexity index is 722. The average molecular weight is 340 g/mol. The van der Waals surface area contributed by atoms with E-state index < -0.39 is 6.04 Å². The number of benzene rings is 2. The van der Waals surface area contributed by atoms with Crippen LogP contribution in [0, 0.1) is 6.92 Å². The van der Waals surface area contributed by atoms with Crippen LogP contribution in [0.25, 0.3) is 0 Å². The Morgan fingerprint density at radius 3 is 2.16 bits per heavy atom. The van der Waals surface area contributed by atoms with Gasteiger partial charge in [0.15, 0.2) is 0 Å². The summed E-state index contributed by atoms with van der Waals surface area (Å²) in [4.78, 5) is 26.3. The fourth-order valence-corrected chi connectivity index (χ4v) is 2.45. The fraction of sp³-hybridized carbons (Fsp3) is 0.300. The number of carbonyl (C=O) groups excluding carboxylic acids is 2. The lowest BCUT2D eigenvalue weighted by molar-refractivity contribution is -0.141. The quantitative estimate of drug-likeness (QED) is 0.821. The molecular formula is C20H24N2O3. The van der Waals surface area contributed by atoms with Crippen LogP contribution in [0.5, 0.6) is 0 Å². The molecule has 0 aliphatic carbocycles. The zero-order valence-corrected chi connectivity index (χ0v) is 15.1. The number of hydrogen-bond acceptors (Lipinski definition) is 4. The minimum Gasteiger partial charge on any atom is -0.469 e. The number of methoxy groups -OCH3 is 1. The molecule has 132 valence electrons. The third-order valence-corrected chi connectivity index (χ3v) is 4.03. The lowest BCUT2D eigenvalue weighted by Gasteiger charge is -2.19. The molecule has 0 aliphatic rings. The molecular weight excluding hydrogens is 316 g/mol. The fourth-order valence-electron chi connectivity index (χ4n) is 2.45. The summed E-state index contributed by atoms with van der Waals surface area (Å²) >= 11 is 0. The maximum Gasteiger partial charge on any atom is 0.307 e. The first kappa shape index (κ1) is 18.5. The van der Waals surface area contributed by atoms with E-state index in [1.165, 1.54) is 7.11 Å². The number of nitrogens with zero attached hydrogens (tertiary/aromatic N) is 1. The zero-order chi connectivity index (χ0) is 18.4.